The van der Waals surface area contributed by atoms with Crippen LogP contribution in [0, 0.1) is 6.92 Å². The fourth-order valence-electron chi connectivity index (χ4n) is 3.07. The third kappa shape index (κ3) is 5.09. The predicted octanol–water partition coefficient (Wildman–Crippen LogP) is 6.35. The summed E-state index contributed by atoms with van der Waals surface area (Å²) in [6.07, 6.45) is 0.907. The summed E-state index contributed by atoms with van der Waals surface area (Å²) in [5.41, 5.74) is 6.28. The molecule has 2 amide bonds. The number of thiazole rings is 1. The number of carbonyl (C=O) groups excluding carboxylic acids is 1. The second-order valence-corrected chi connectivity index (χ2v) is 7.70. The molecular weight excluding hydrogens is 378 g/mol. The van der Waals surface area contributed by atoms with E-state index in [1.54, 1.807) is 0 Å². The summed E-state index contributed by atoms with van der Waals surface area (Å²) in [7, 11) is 0. The van der Waals surface area contributed by atoms with Crippen molar-refractivity contribution in [1.82, 2.24) is 4.98 Å². The number of nitrogens with one attached hydrogen (secondary N) is 2. The monoisotopic (exact) mass is 399 g/mol. The van der Waals surface area contributed by atoms with Gasteiger partial charge < -0.3 is 5.32 Å². The maximum atomic E-state index is 12.2. The summed E-state index contributed by atoms with van der Waals surface area (Å²) in [6.45, 7) is 1.99. The van der Waals surface area contributed by atoms with Crippen molar-refractivity contribution >= 4 is 28.2 Å². The minimum Gasteiger partial charge on any atom is -0.308 e. The topological polar surface area (TPSA) is 54.0 Å². The molecule has 0 bridgehead atoms. The molecule has 5 heteroatoms. The first kappa shape index (κ1) is 18.9. The molecule has 29 heavy (non-hydrogen) atoms. The van der Waals surface area contributed by atoms with Crippen molar-refractivity contribution in [3.05, 3.63) is 101 Å². The van der Waals surface area contributed by atoms with Gasteiger partial charge in [-0.05, 0) is 42.2 Å². The average molecular weight is 400 g/mol. The van der Waals surface area contributed by atoms with Gasteiger partial charge in [-0.1, -0.05) is 66.7 Å². The molecule has 0 aliphatic carbocycles. The molecular formula is C24H21N3OS. The lowest BCUT2D eigenvalue weighted by atomic mass is 10.0. The Kier molecular flexibility index (Phi) is 5.68. The number of urea groups is 1. The quantitative estimate of drug-likeness (QED) is 0.411. The minimum absolute atomic E-state index is 0.297. The van der Waals surface area contributed by atoms with E-state index >= 15 is 0 Å². The number of amides is 2. The van der Waals surface area contributed by atoms with Crippen LogP contribution in [0.5, 0.6) is 0 Å². The number of anilines is 2. The first-order valence-corrected chi connectivity index (χ1v) is 10.3. The van der Waals surface area contributed by atoms with Crippen molar-refractivity contribution in [2.45, 2.75) is 13.3 Å². The number of aryl methyl sites for hydroxylation is 1. The highest BCUT2D eigenvalue weighted by molar-refractivity contribution is 7.14. The largest absolute Gasteiger partial charge is 0.325 e. The number of benzene rings is 3. The molecule has 0 saturated heterocycles. The first-order valence-electron chi connectivity index (χ1n) is 9.39. The van der Waals surface area contributed by atoms with Crippen molar-refractivity contribution in [2.24, 2.45) is 0 Å². The van der Waals surface area contributed by atoms with E-state index in [2.05, 4.69) is 64.1 Å². The Morgan fingerprint density at radius 2 is 1.66 bits per heavy atom. The van der Waals surface area contributed by atoms with Crippen molar-refractivity contribution < 1.29 is 4.79 Å². The molecule has 4 aromatic rings. The van der Waals surface area contributed by atoms with Crippen LogP contribution in [0.25, 0.3) is 11.3 Å². The van der Waals surface area contributed by atoms with Crippen LogP contribution < -0.4 is 10.6 Å². The van der Waals surface area contributed by atoms with Crippen LogP contribution in [0.4, 0.5) is 15.6 Å². The molecule has 3 aromatic carbocycles. The van der Waals surface area contributed by atoms with Gasteiger partial charge in [-0.2, -0.15) is 0 Å². The number of hydrogen-bond donors (Lipinski definition) is 2. The molecule has 0 unspecified atom stereocenters. The van der Waals surface area contributed by atoms with E-state index in [1.807, 2.05) is 42.6 Å². The van der Waals surface area contributed by atoms with Gasteiger partial charge >= 0.3 is 6.03 Å². The first-order chi connectivity index (χ1) is 14.2. The van der Waals surface area contributed by atoms with Gasteiger partial charge in [-0.3, -0.25) is 5.32 Å². The highest BCUT2D eigenvalue weighted by Crippen LogP contribution is 2.26. The Bertz CT molecular complexity index is 1100. The normalized spacial score (nSPS) is 10.5. The van der Waals surface area contributed by atoms with Crippen LogP contribution in [-0.2, 0) is 6.42 Å². The summed E-state index contributed by atoms with van der Waals surface area (Å²) in [4.78, 5) is 16.7. The van der Waals surface area contributed by atoms with E-state index in [-0.39, 0.29) is 6.03 Å². The molecule has 1 heterocycles. The Labute approximate surface area is 174 Å². The van der Waals surface area contributed by atoms with Crippen molar-refractivity contribution in [3.63, 3.8) is 0 Å². The van der Waals surface area contributed by atoms with Crippen molar-refractivity contribution in [2.75, 3.05) is 10.6 Å². The second-order valence-electron chi connectivity index (χ2n) is 6.85. The molecule has 0 aliphatic heterocycles. The van der Waals surface area contributed by atoms with Crippen LogP contribution >= 0.6 is 11.3 Å². The maximum Gasteiger partial charge on any atom is 0.325 e. The van der Waals surface area contributed by atoms with E-state index in [4.69, 9.17) is 0 Å². The van der Waals surface area contributed by atoms with Gasteiger partial charge in [0.15, 0.2) is 5.13 Å². The molecule has 4 rings (SSSR count). The summed E-state index contributed by atoms with van der Waals surface area (Å²) < 4.78 is 0. The SMILES string of the molecule is Cc1cccc(NC(=O)Nc2nc(-c3ccc(Cc4ccccc4)cc3)cs2)c1. The highest BCUT2D eigenvalue weighted by Gasteiger charge is 2.09. The summed E-state index contributed by atoms with van der Waals surface area (Å²) in [6, 6.07) is 26.2. The van der Waals surface area contributed by atoms with E-state index in [0.29, 0.717) is 5.13 Å². The summed E-state index contributed by atoms with van der Waals surface area (Å²) in [5.74, 6) is 0. The van der Waals surface area contributed by atoms with Gasteiger partial charge in [0.05, 0.1) is 5.69 Å². The molecule has 0 atom stereocenters. The Balaban J connectivity index is 1.39. The number of hydrogen-bond acceptors (Lipinski definition) is 3. The zero-order valence-corrected chi connectivity index (χ0v) is 16.9. The standard InChI is InChI=1S/C24H21N3OS/c1-17-6-5-9-21(14-17)25-23(28)27-24-26-22(16-29-24)20-12-10-19(11-13-20)15-18-7-3-2-4-8-18/h2-14,16H,15H2,1H3,(H2,25,26,27,28). The highest BCUT2D eigenvalue weighted by atomic mass is 32.1. The number of aromatic nitrogens is 1. The predicted molar refractivity (Wildman–Crippen MR) is 121 cm³/mol. The second kappa shape index (κ2) is 8.71. The zero-order valence-electron chi connectivity index (χ0n) is 16.1. The number of carbonyl (C=O) groups is 1. The van der Waals surface area contributed by atoms with Crippen molar-refractivity contribution in [3.8, 4) is 11.3 Å². The van der Waals surface area contributed by atoms with E-state index < -0.39 is 0 Å². The van der Waals surface area contributed by atoms with Crippen LogP contribution in [0.2, 0.25) is 0 Å². The Hall–Kier alpha value is -3.44. The minimum atomic E-state index is -0.297. The molecule has 0 radical (unpaired) electrons. The lowest BCUT2D eigenvalue weighted by molar-refractivity contribution is 0.262. The fourth-order valence-corrected chi connectivity index (χ4v) is 3.79. The fraction of sp³-hybridized carbons (Fsp3) is 0.0833. The molecule has 0 saturated carbocycles. The molecule has 144 valence electrons. The summed E-state index contributed by atoms with van der Waals surface area (Å²) in [5, 5.41) is 8.15. The van der Waals surface area contributed by atoms with E-state index in [9.17, 15) is 4.79 Å². The third-order valence-corrected chi connectivity index (χ3v) is 5.26. The molecule has 0 fully saturated rings. The summed E-state index contributed by atoms with van der Waals surface area (Å²) >= 11 is 1.41. The van der Waals surface area contributed by atoms with E-state index in [0.717, 1.165) is 28.9 Å². The van der Waals surface area contributed by atoms with Gasteiger partial charge in [0.1, 0.15) is 0 Å². The van der Waals surface area contributed by atoms with Crippen LogP contribution in [-0.4, -0.2) is 11.0 Å². The van der Waals surface area contributed by atoms with Crippen molar-refractivity contribution in [1.29, 1.82) is 0 Å². The molecule has 0 aliphatic rings. The number of nitrogens with zero attached hydrogens (tertiary/aromatic N) is 1. The van der Waals surface area contributed by atoms with Crippen LogP contribution in [0.3, 0.4) is 0 Å². The van der Waals surface area contributed by atoms with Gasteiger partial charge in [-0.25, -0.2) is 9.78 Å². The van der Waals surface area contributed by atoms with Crippen LogP contribution in [0.1, 0.15) is 16.7 Å². The van der Waals surface area contributed by atoms with Gasteiger partial charge in [0.2, 0.25) is 0 Å². The zero-order chi connectivity index (χ0) is 20.1. The van der Waals surface area contributed by atoms with E-state index in [1.165, 1.54) is 22.5 Å². The molecule has 4 nitrogen and oxygen atoms in total. The lowest BCUT2D eigenvalue weighted by Crippen LogP contribution is -2.19. The van der Waals surface area contributed by atoms with Gasteiger partial charge in [0, 0.05) is 16.6 Å². The molecule has 1 aromatic heterocycles. The Morgan fingerprint density at radius 3 is 2.41 bits per heavy atom. The van der Waals surface area contributed by atoms with Gasteiger partial charge in [-0.15, -0.1) is 11.3 Å². The molecule has 0 spiro atoms. The molecule has 2 N–H and O–H groups in total. The van der Waals surface area contributed by atoms with Gasteiger partial charge in [0.25, 0.3) is 0 Å². The lowest BCUT2D eigenvalue weighted by Gasteiger charge is -2.06. The smallest absolute Gasteiger partial charge is 0.308 e. The Morgan fingerprint density at radius 1 is 0.897 bits per heavy atom. The maximum absolute atomic E-state index is 12.2. The average Bonchev–Trinajstić information content (AvgIpc) is 3.17. The number of rotatable bonds is 5. The van der Waals surface area contributed by atoms with Crippen LogP contribution in [0.15, 0.2) is 84.2 Å². The third-order valence-electron chi connectivity index (χ3n) is 4.50.